The number of unbranched alkanes of at least 4 members (excludes halogenated alkanes) is 5. The normalized spacial score (nSPS) is 8.67. The van der Waals surface area contributed by atoms with Crippen LogP contribution >= 0.6 is 0 Å². The molecule has 0 spiro atoms. The lowest BCUT2D eigenvalue weighted by Gasteiger charge is -1.93. The van der Waals surface area contributed by atoms with Gasteiger partial charge in [-0.25, -0.2) is 0 Å². The summed E-state index contributed by atoms with van der Waals surface area (Å²) in [6.07, 6.45) is 8.49. The van der Waals surface area contributed by atoms with Gasteiger partial charge in [0.2, 0.25) is 0 Å². The van der Waals surface area contributed by atoms with Crippen molar-refractivity contribution in [2.24, 2.45) is 0 Å². The smallest absolute Gasteiger partial charge is 0.0533 e. The second-order valence-corrected chi connectivity index (χ2v) is 2.41. The summed E-state index contributed by atoms with van der Waals surface area (Å²) in [6.45, 7) is 4.51. The highest BCUT2D eigenvalue weighted by Crippen LogP contribution is 2.03. The average molecular weight is 130 g/mol. The summed E-state index contributed by atoms with van der Waals surface area (Å²) in [7, 11) is 0. The van der Waals surface area contributed by atoms with Gasteiger partial charge in [-0.3, -0.25) is 0 Å². The van der Waals surface area contributed by atoms with Crippen LogP contribution in [0.2, 0.25) is 0 Å². The maximum absolute atomic E-state index is 2.26. The maximum atomic E-state index is 2.26. The van der Waals surface area contributed by atoms with E-state index in [0.29, 0.717) is 0 Å². The van der Waals surface area contributed by atoms with Gasteiger partial charge in [0.1, 0.15) is 0 Å². The minimum absolute atomic E-state index is 0. The van der Waals surface area contributed by atoms with Crippen LogP contribution in [0.3, 0.4) is 0 Å². The molecule has 0 aliphatic rings. The van der Waals surface area contributed by atoms with E-state index in [1.807, 2.05) is 0 Å². The molecule has 0 aliphatic carbocycles. The molecule has 0 saturated carbocycles. The topological polar surface area (TPSA) is 0 Å². The van der Waals surface area contributed by atoms with Crippen LogP contribution in [-0.2, 0) is 0 Å². The summed E-state index contributed by atoms with van der Waals surface area (Å²) >= 11 is 0. The Morgan fingerprint density at radius 2 is 1.00 bits per heavy atom. The summed E-state index contributed by atoms with van der Waals surface area (Å²) in [6, 6.07) is 0. The standard InChI is InChI=1S/C8H18.CH4/c1-3-5-7-8-6-4-2;/h3-8H2,1-2H3;1H4. The lowest BCUT2D eigenvalue weighted by Crippen LogP contribution is -1.73. The highest BCUT2D eigenvalue weighted by atomic mass is 13.9. The molecule has 0 aromatic heterocycles. The van der Waals surface area contributed by atoms with Crippen LogP contribution in [0.1, 0.15) is 59.8 Å². The van der Waals surface area contributed by atoms with Crippen molar-refractivity contribution in [2.45, 2.75) is 59.8 Å². The van der Waals surface area contributed by atoms with Crippen LogP contribution in [-0.4, -0.2) is 0 Å². The van der Waals surface area contributed by atoms with Gasteiger partial charge in [-0.2, -0.15) is 0 Å². The van der Waals surface area contributed by atoms with Crippen molar-refractivity contribution < 1.29 is 0 Å². The monoisotopic (exact) mass is 130 g/mol. The molecule has 0 atom stereocenters. The minimum Gasteiger partial charge on any atom is -0.0776 e. The van der Waals surface area contributed by atoms with Crippen LogP contribution in [0.5, 0.6) is 0 Å². The average Bonchev–Trinajstić information content (AvgIpc) is 1.81. The van der Waals surface area contributed by atoms with E-state index in [1.54, 1.807) is 0 Å². The van der Waals surface area contributed by atoms with Crippen molar-refractivity contribution in [1.82, 2.24) is 0 Å². The van der Waals surface area contributed by atoms with E-state index < -0.39 is 0 Å². The Morgan fingerprint density at radius 1 is 0.667 bits per heavy atom. The first-order chi connectivity index (χ1) is 3.91. The molecule has 0 aromatic rings. The molecule has 0 bridgehead atoms. The van der Waals surface area contributed by atoms with Crippen molar-refractivity contribution in [3.8, 4) is 0 Å². The molecule has 9 heavy (non-hydrogen) atoms. The largest absolute Gasteiger partial charge is 0.0776 e. The highest BCUT2D eigenvalue weighted by molar-refractivity contribution is 4.39. The molecule has 0 fully saturated rings. The molecule has 0 unspecified atom stereocenters. The van der Waals surface area contributed by atoms with E-state index in [9.17, 15) is 0 Å². The van der Waals surface area contributed by atoms with Gasteiger partial charge >= 0.3 is 0 Å². The van der Waals surface area contributed by atoms with Crippen molar-refractivity contribution in [2.75, 3.05) is 0 Å². The highest BCUT2D eigenvalue weighted by Gasteiger charge is 1.83. The zero-order chi connectivity index (χ0) is 6.24. The van der Waals surface area contributed by atoms with Crippen LogP contribution in [0, 0.1) is 0 Å². The van der Waals surface area contributed by atoms with E-state index >= 15 is 0 Å². The molecule has 0 saturated heterocycles. The summed E-state index contributed by atoms with van der Waals surface area (Å²) in [4.78, 5) is 0. The summed E-state index contributed by atoms with van der Waals surface area (Å²) in [5.74, 6) is 0. The molecule has 0 N–H and O–H groups in total. The molecule has 0 heterocycles. The predicted octanol–water partition coefficient (Wildman–Crippen LogP) is 4.00. The summed E-state index contributed by atoms with van der Waals surface area (Å²) in [5, 5.41) is 0. The van der Waals surface area contributed by atoms with Gasteiger partial charge in [-0.1, -0.05) is 59.8 Å². The minimum atomic E-state index is 0. The fourth-order valence-electron chi connectivity index (χ4n) is 0.854. The molecule has 0 radical (unpaired) electrons. The third-order valence-corrected chi connectivity index (χ3v) is 1.46. The molecule has 0 rings (SSSR count). The number of hydrogen-bond donors (Lipinski definition) is 0. The van der Waals surface area contributed by atoms with Crippen molar-refractivity contribution >= 4 is 0 Å². The lowest BCUT2D eigenvalue weighted by atomic mass is 10.1. The molecule has 0 aliphatic heterocycles. The molecule has 0 amide bonds. The zero-order valence-electron chi connectivity index (χ0n) is 6.24. The Bertz CT molecular complexity index is 25.0. The van der Waals surface area contributed by atoms with E-state index in [-0.39, 0.29) is 7.43 Å². The first-order valence-electron chi connectivity index (χ1n) is 3.91. The third kappa shape index (κ3) is 11.5. The molecule has 0 heteroatoms. The fraction of sp³-hybridized carbons (Fsp3) is 1.00. The quantitative estimate of drug-likeness (QED) is 0.493. The molecule has 58 valence electrons. The Labute approximate surface area is 60.7 Å². The lowest BCUT2D eigenvalue weighted by molar-refractivity contribution is 0.624. The predicted molar refractivity (Wildman–Crippen MR) is 45.8 cm³/mol. The molecule has 0 nitrogen and oxygen atoms in total. The van der Waals surface area contributed by atoms with Crippen LogP contribution < -0.4 is 0 Å². The van der Waals surface area contributed by atoms with E-state index in [2.05, 4.69) is 13.8 Å². The molecular weight excluding hydrogens is 108 g/mol. The second-order valence-electron chi connectivity index (χ2n) is 2.41. The zero-order valence-corrected chi connectivity index (χ0v) is 6.24. The Hall–Kier alpha value is 0. The Balaban J connectivity index is 0. The summed E-state index contributed by atoms with van der Waals surface area (Å²) < 4.78 is 0. The molecular formula is C9H22. The van der Waals surface area contributed by atoms with Gasteiger partial charge in [0, 0.05) is 0 Å². The van der Waals surface area contributed by atoms with Gasteiger partial charge in [0.05, 0.1) is 0 Å². The van der Waals surface area contributed by atoms with Crippen LogP contribution in [0.25, 0.3) is 0 Å². The van der Waals surface area contributed by atoms with Gasteiger partial charge in [0.15, 0.2) is 0 Å². The maximum Gasteiger partial charge on any atom is -0.0533 e. The second kappa shape index (κ2) is 10.9. The van der Waals surface area contributed by atoms with Gasteiger partial charge < -0.3 is 0 Å². The fourth-order valence-corrected chi connectivity index (χ4v) is 0.854. The first-order valence-corrected chi connectivity index (χ1v) is 3.91. The van der Waals surface area contributed by atoms with Crippen molar-refractivity contribution in [3.63, 3.8) is 0 Å². The Kier molecular flexibility index (Phi) is 14.2. The van der Waals surface area contributed by atoms with Crippen molar-refractivity contribution in [3.05, 3.63) is 0 Å². The Morgan fingerprint density at radius 3 is 1.22 bits per heavy atom. The first kappa shape index (κ1) is 11.8. The van der Waals surface area contributed by atoms with E-state index in [0.717, 1.165) is 0 Å². The van der Waals surface area contributed by atoms with Gasteiger partial charge in [-0.05, 0) is 0 Å². The van der Waals surface area contributed by atoms with E-state index in [1.165, 1.54) is 38.5 Å². The van der Waals surface area contributed by atoms with Crippen LogP contribution in [0.15, 0.2) is 0 Å². The third-order valence-electron chi connectivity index (χ3n) is 1.46. The van der Waals surface area contributed by atoms with E-state index in [4.69, 9.17) is 0 Å². The SMILES string of the molecule is C.CCCCCCCC. The molecule has 0 aromatic carbocycles. The van der Waals surface area contributed by atoms with Crippen LogP contribution in [0.4, 0.5) is 0 Å². The van der Waals surface area contributed by atoms with Gasteiger partial charge in [0.25, 0.3) is 0 Å². The number of hydrogen-bond acceptors (Lipinski definition) is 0. The number of rotatable bonds is 5. The van der Waals surface area contributed by atoms with Gasteiger partial charge in [-0.15, -0.1) is 0 Å². The van der Waals surface area contributed by atoms with Crippen molar-refractivity contribution in [1.29, 1.82) is 0 Å². The summed E-state index contributed by atoms with van der Waals surface area (Å²) in [5.41, 5.74) is 0.